The predicted molar refractivity (Wildman–Crippen MR) is 131 cm³/mol. The molecule has 31 heavy (non-hydrogen) atoms. The molecule has 0 bridgehead atoms. The fourth-order valence-corrected chi connectivity index (χ4v) is 3.80. The van der Waals surface area contributed by atoms with Crippen LogP contribution in [0.2, 0.25) is 0 Å². The minimum absolute atomic E-state index is 0.283. The molecule has 0 atom stereocenters. The Labute approximate surface area is 191 Å². The normalized spacial score (nSPS) is 11.2. The summed E-state index contributed by atoms with van der Waals surface area (Å²) >= 11 is 6.20. The number of amides is 2. The van der Waals surface area contributed by atoms with E-state index in [0.717, 1.165) is 28.1 Å². The van der Waals surface area contributed by atoms with Crippen LogP contribution < -0.4 is 11.1 Å². The van der Waals surface area contributed by atoms with Crippen LogP contribution in [0.1, 0.15) is 26.3 Å². The fraction of sp³-hybridized carbons (Fsp3) is 0.174. The summed E-state index contributed by atoms with van der Waals surface area (Å²) in [5, 5.41) is 6.96. The molecule has 8 heteroatoms. The van der Waals surface area contributed by atoms with Gasteiger partial charge in [-0.05, 0) is 66.8 Å². The molecule has 2 amide bonds. The third-order valence-corrected chi connectivity index (χ3v) is 5.63. The second kappa shape index (κ2) is 10.4. The molecule has 0 radical (unpaired) electrons. The first kappa shape index (κ1) is 22.7. The Kier molecular flexibility index (Phi) is 7.62. The van der Waals surface area contributed by atoms with E-state index in [1.807, 2.05) is 43.1 Å². The van der Waals surface area contributed by atoms with Crippen molar-refractivity contribution in [3.8, 4) is 11.1 Å². The third kappa shape index (κ3) is 6.04. The number of primary amides is 1. The first-order valence-electron chi connectivity index (χ1n) is 9.60. The number of anilines is 1. The summed E-state index contributed by atoms with van der Waals surface area (Å²) in [4.78, 5) is 31.7. The number of hydrogen-bond donors (Lipinski definition) is 3. The Bertz CT molecular complexity index is 1110. The topological polar surface area (TPSA) is 87.8 Å². The van der Waals surface area contributed by atoms with Gasteiger partial charge in [0.25, 0.3) is 5.91 Å². The number of hydrogen-bond acceptors (Lipinski definition) is 6. The van der Waals surface area contributed by atoms with Crippen LogP contribution in [0.3, 0.4) is 0 Å². The smallest absolute Gasteiger partial charge is 0.255 e. The number of thiol groups is 1. The standard InChI is InChI=1S/C23H24N4O2S2/c1-27(2)8-7-25-13-18-11-20(19(12-21(18)30)17-6-9-31-14-17)26-23(29)16-5-3-4-15(10-16)22(24)28/h3-6,9-14,30H,7-8H2,1-2H3,(H2,24,28)(H,26,29). The molecule has 0 spiro atoms. The van der Waals surface area contributed by atoms with Crippen LogP contribution in [0.5, 0.6) is 0 Å². The van der Waals surface area contributed by atoms with E-state index >= 15 is 0 Å². The first-order chi connectivity index (χ1) is 14.8. The molecular formula is C23H24N4O2S2. The molecule has 3 N–H and O–H groups in total. The third-order valence-electron chi connectivity index (χ3n) is 4.56. The van der Waals surface area contributed by atoms with E-state index in [4.69, 9.17) is 5.73 Å². The largest absolute Gasteiger partial charge is 0.366 e. The number of nitrogens with one attached hydrogen (secondary N) is 1. The van der Waals surface area contributed by atoms with Crippen molar-refractivity contribution in [2.24, 2.45) is 10.7 Å². The highest BCUT2D eigenvalue weighted by molar-refractivity contribution is 7.80. The Morgan fingerprint density at radius 1 is 1.19 bits per heavy atom. The molecule has 0 aliphatic heterocycles. The number of nitrogens with two attached hydrogens (primary N) is 1. The molecule has 160 valence electrons. The molecule has 2 aromatic carbocycles. The van der Waals surface area contributed by atoms with Crippen LogP contribution in [-0.4, -0.2) is 50.1 Å². The van der Waals surface area contributed by atoms with Crippen LogP contribution in [0.25, 0.3) is 11.1 Å². The quantitative estimate of drug-likeness (QED) is 0.356. The summed E-state index contributed by atoms with van der Waals surface area (Å²) in [5.74, 6) is -0.911. The van der Waals surface area contributed by atoms with Gasteiger partial charge in [-0.3, -0.25) is 14.6 Å². The molecule has 6 nitrogen and oxygen atoms in total. The summed E-state index contributed by atoms with van der Waals surface area (Å²) < 4.78 is 0. The van der Waals surface area contributed by atoms with Crippen molar-refractivity contribution < 1.29 is 9.59 Å². The van der Waals surface area contributed by atoms with Gasteiger partial charge in [0.1, 0.15) is 0 Å². The van der Waals surface area contributed by atoms with Crippen LogP contribution >= 0.6 is 24.0 Å². The van der Waals surface area contributed by atoms with Crippen LogP contribution in [0.15, 0.2) is 63.1 Å². The lowest BCUT2D eigenvalue weighted by Crippen LogP contribution is -2.16. The van der Waals surface area contributed by atoms with E-state index in [1.54, 1.807) is 35.8 Å². The number of carbonyl (C=O) groups is 2. The van der Waals surface area contributed by atoms with Crippen molar-refractivity contribution in [1.82, 2.24) is 4.90 Å². The van der Waals surface area contributed by atoms with Crippen molar-refractivity contribution >= 4 is 47.7 Å². The molecule has 1 aromatic heterocycles. The molecule has 1 heterocycles. The van der Waals surface area contributed by atoms with Crippen LogP contribution in [-0.2, 0) is 0 Å². The second-order valence-electron chi connectivity index (χ2n) is 7.21. The maximum Gasteiger partial charge on any atom is 0.255 e. The number of rotatable bonds is 8. The zero-order chi connectivity index (χ0) is 22.4. The Balaban J connectivity index is 1.94. The van der Waals surface area contributed by atoms with Gasteiger partial charge in [0.15, 0.2) is 0 Å². The van der Waals surface area contributed by atoms with Crippen molar-refractivity contribution in [1.29, 1.82) is 0 Å². The molecule has 3 aromatic rings. The van der Waals surface area contributed by atoms with E-state index < -0.39 is 5.91 Å². The molecule has 3 rings (SSSR count). The molecule has 0 saturated heterocycles. The summed E-state index contributed by atoms with van der Waals surface area (Å²) in [6, 6.07) is 12.1. The van der Waals surface area contributed by atoms with Gasteiger partial charge in [0.05, 0.1) is 6.54 Å². The number of carbonyl (C=O) groups excluding carboxylic acids is 2. The van der Waals surface area contributed by atoms with Crippen molar-refractivity contribution in [2.75, 3.05) is 32.5 Å². The SMILES string of the molecule is CN(C)CCN=Cc1cc(NC(=O)c2cccc(C(N)=O)c2)c(-c2ccsc2)cc1S. The average Bonchev–Trinajstić information content (AvgIpc) is 3.27. The molecular weight excluding hydrogens is 428 g/mol. The fourth-order valence-electron chi connectivity index (χ4n) is 2.90. The highest BCUT2D eigenvalue weighted by atomic mass is 32.1. The van der Waals surface area contributed by atoms with E-state index in [-0.39, 0.29) is 11.5 Å². The van der Waals surface area contributed by atoms with Crippen LogP contribution in [0.4, 0.5) is 5.69 Å². The second-order valence-corrected chi connectivity index (χ2v) is 8.47. The number of benzene rings is 2. The van der Waals surface area contributed by atoms with Gasteiger partial charge in [-0.1, -0.05) is 6.07 Å². The summed E-state index contributed by atoms with van der Waals surface area (Å²) in [5.41, 5.74) is 9.26. The zero-order valence-corrected chi connectivity index (χ0v) is 19.0. The van der Waals surface area contributed by atoms with E-state index in [1.165, 1.54) is 6.07 Å². The number of likely N-dealkylation sites (N-methyl/N-ethyl adjacent to an activating group) is 1. The highest BCUT2D eigenvalue weighted by Crippen LogP contribution is 2.34. The first-order valence-corrected chi connectivity index (χ1v) is 11.0. The van der Waals surface area contributed by atoms with Gasteiger partial charge in [-0.25, -0.2) is 0 Å². The zero-order valence-electron chi connectivity index (χ0n) is 17.3. The van der Waals surface area contributed by atoms with Crippen molar-refractivity contribution in [2.45, 2.75) is 4.90 Å². The van der Waals surface area contributed by atoms with Crippen LogP contribution in [0, 0.1) is 0 Å². The lowest BCUT2D eigenvalue weighted by Gasteiger charge is -2.14. The molecule has 0 aliphatic rings. The molecule has 0 aliphatic carbocycles. The van der Waals surface area contributed by atoms with E-state index in [0.29, 0.717) is 17.8 Å². The Morgan fingerprint density at radius 3 is 2.65 bits per heavy atom. The number of aliphatic imine (C=N–C) groups is 1. The minimum Gasteiger partial charge on any atom is -0.366 e. The maximum atomic E-state index is 12.9. The van der Waals surface area contributed by atoms with Crippen molar-refractivity contribution in [3.63, 3.8) is 0 Å². The number of nitrogens with zero attached hydrogens (tertiary/aromatic N) is 2. The van der Waals surface area contributed by atoms with Gasteiger partial charge in [-0.2, -0.15) is 11.3 Å². The van der Waals surface area contributed by atoms with Gasteiger partial charge in [-0.15, -0.1) is 12.6 Å². The number of thiophene rings is 1. The minimum atomic E-state index is -0.579. The summed E-state index contributed by atoms with van der Waals surface area (Å²) in [7, 11) is 3.99. The van der Waals surface area contributed by atoms with Crippen molar-refractivity contribution in [3.05, 3.63) is 69.9 Å². The monoisotopic (exact) mass is 452 g/mol. The molecule has 0 unspecified atom stereocenters. The lowest BCUT2D eigenvalue weighted by molar-refractivity contribution is 0.1000. The predicted octanol–water partition coefficient (Wildman–Crippen LogP) is 4.04. The van der Waals surface area contributed by atoms with Gasteiger partial charge in [0, 0.05) is 45.6 Å². The van der Waals surface area contributed by atoms with Gasteiger partial charge in [0.2, 0.25) is 5.91 Å². The summed E-state index contributed by atoms with van der Waals surface area (Å²) in [6.45, 7) is 1.50. The van der Waals surface area contributed by atoms with Gasteiger partial charge >= 0.3 is 0 Å². The van der Waals surface area contributed by atoms with E-state index in [9.17, 15) is 9.59 Å². The Hall–Kier alpha value is -2.94. The molecule has 0 saturated carbocycles. The lowest BCUT2D eigenvalue weighted by atomic mass is 10.0. The van der Waals surface area contributed by atoms with Gasteiger partial charge < -0.3 is 16.0 Å². The summed E-state index contributed by atoms with van der Waals surface area (Å²) in [6.07, 6.45) is 1.77. The highest BCUT2D eigenvalue weighted by Gasteiger charge is 2.14. The Morgan fingerprint density at radius 2 is 1.97 bits per heavy atom. The maximum absolute atomic E-state index is 12.9. The van der Waals surface area contributed by atoms with E-state index in [2.05, 4.69) is 27.8 Å². The average molecular weight is 453 g/mol. The molecule has 0 fully saturated rings.